The molecule has 2 atom stereocenters. The van der Waals surface area contributed by atoms with E-state index in [2.05, 4.69) is 25.6 Å². The van der Waals surface area contributed by atoms with Crippen molar-refractivity contribution in [1.29, 1.82) is 0 Å². The summed E-state index contributed by atoms with van der Waals surface area (Å²) in [5.74, 6) is 2.38. The van der Waals surface area contributed by atoms with Crippen LogP contribution in [0.1, 0.15) is 26.7 Å². The highest BCUT2D eigenvalue weighted by atomic mass is 32.2. The molecule has 0 nitrogen and oxygen atoms in total. The lowest BCUT2D eigenvalue weighted by Crippen LogP contribution is -2.12. The van der Waals surface area contributed by atoms with Crippen LogP contribution < -0.4 is 0 Å². The molecule has 1 aliphatic rings. The lowest BCUT2D eigenvalue weighted by molar-refractivity contribution is 0.504. The fraction of sp³-hybridized carbons (Fsp3) is 1.00. The van der Waals surface area contributed by atoms with Gasteiger partial charge >= 0.3 is 0 Å². The van der Waals surface area contributed by atoms with Gasteiger partial charge in [-0.05, 0) is 24.5 Å². The third kappa shape index (κ3) is 1.70. The fourth-order valence-corrected chi connectivity index (χ4v) is 2.63. The van der Waals surface area contributed by atoms with Gasteiger partial charge in [-0.2, -0.15) is 11.8 Å². The Bertz CT molecular complexity index is 62.8. The molecule has 1 unspecified atom stereocenters. The molecule has 1 rings (SSSR count). The minimum atomic E-state index is 0.929. The Morgan fingerprint density at radius 1 is 1.38 bits per heavy atom. The summed E-state index contributed by atoms with van der Waals surface area (Å²) in [5.41, 5.74) is 0. The van der Waals surface area contributed by atoms with Gasteiger partial charge in [-0.1, -0.05) is 13.8 Å². The lowest BCUT2D eigenvalue weighted by atomic mass is 10.0. The molecule has 0 aliphatic carbocycles. The van der Waals surface area contributed by atoms with Gasteiger partial charge in [-0.3, -0.25) is 0 Å². The number of rotatable bonds is 0. The van der Waals surface area contributed by atoms with Gasteiger partial charge in [0, 0.05) is 5.25 Å². The average Bonchev–Trinajstić information content (AvgIpc) is 1.64. The molecule has 0 radical (unpaired) electrons. The number of hydrogen-bond donors (Lipinski definition) is 0. The number of hydrogen-bond acceptors (Lipinski definition) is 1. The van der Waals surface area contributed by atoms with Crippen LogP contribution in [0.3, 0.4) is 0 Å². The first-order valence-electron chi connectivity index (χ1n) is 3.40. The van der Waals surface area contributed by atoms with Gasteiger partial charge in [0.1, 0.15) is 0 Å². The monoisotopic (exact) mass is 130 g/mol. The van der Waals surface area contributed by atoms with Gasteiger partial charge in [0.15, 0.2) is 0 Å². The van der Waals surface area contributed by atoms with Crippen molar-refractivity contribution in [3.63, 3.8) is 0 Å². The molecule has 1 aliphatic heterocycles. The summed E-state index contributed by atoms with van der Waals surface area (Å²) in [4.78, 5) is 0. The van der Waals surface area contributed by atoms with Crippen molar-refractivity contribution >= 4 is 11.8 Å². The molecule has 1 saturated heterocycles. The summed E-state index contributed by atoms with van der Waals surface area (Å²) in [6.45, 7) is 4.69. The van der Waals surface area contributed by atoms with Crippen LogP contribution in [-0.2, 0) is 0 Å². The summed E-state index contributed by atoms with van der Waals surface area (Å²) >= 11 is 2.12. The van der Waals surface area contributed by atoms with E-state index in [4.69, 9.17) is 0 Å². The molecule has 0 aromatic carbocycles. The fourth-order valence-electron chi connectivity index (χ4n) is 1.22. The summed E-state index contributed by atoms with van der Waals surface area (Å²) in [7, 11) is 0. The Hall–Kier alpha value is 0.350. The van der Waals surface area contributed by atoms with Gasteiger partial charge in [-0.25, -0.2) is 0 Å². The molecule has 1 fully saturated rings. The molecule has 8 heavy (non-hydrogen) atoms. The van der Waals surface area contributed by atoms with E-state index in [1.54, 1.807) is 0 Å². The first-order valence-corrected chi connectivity index (χ1v) is 4.45. The normalized spacial score (nSPS) is 39.8. The minimum absolute atomic E-state index is 0.929. The lowest BCUT2D eigenvalue weighted by Gasteiger charge is -2.22. The maximum absolute atomic E-state index is 2.36. The van der Waals surface area contributed by atoms with E-state index in [0.717, 1.165) is 11.2 Å². The molecular formula is C7H14S. The van der Waals surface area contributed by atoms with Crippen LogP contribution >= 0.6 is 11.8 Å². The molecule has 0 saturated carbocycles. The highest BCUT2D eigenvalue weighted by Crippen LogP contribution is 2.28. The van der Waals surface area contributed by atoms with Crippen molar-refractivity contribution in [1.82, 2.24) is 0 Å². The Morgan fingerprint density at radius 2 is 2.12 bits per heavy atom. The Morgan fingerprint density at radius 3 is 2.50 bits per heavy atom. The maximum atomic E-state index is 2.36. The van der Waals surface area contributed by atoms with Crippen LogP contribution in [0.4, 0.5) is 0 Å². The average molecular weight is 130 g/mol. The van der Waals surface area contributed by atoms with Crippen LogP contribution in [0.5, 0.6) is 0 Å². The van der Waals surface area contributed by atoms with E-state index in [1.165, 1.54) is 18.6 Å². The quantitative estimate of drug-likeness (QED) is 0.485. The largest absolute Gasteiger partial charge is 0.159 e. The highest BCUT2D eigenvalue weighted by Gasteiger charge is 2.14. The molecule has 1 heteroatoms. The van der Waals surface area contributed by atoms with Gasteiger partial charge < -0.3 is 0 Å². The van der Waals surface area contributed by atoms with Crippen LogP contribution in [0.25, 0.3) is 0 Å². The summed E-state index contributed by atoms with van der Waals surface area (Å²) in [6, 6.07) is 0. The van der Waals surface area contributed by atoms with Crippen molar-refractivity contribution in [3.05, 3.63) is 0 Å². The standard InChI is InChI=1S/C7H14S/c1-6-3-4-8-7(2)5-6/h6-7H,3-5H2,1-2H3/t6-,7?/m1/s1. The Balaban J connectivity index is 2.23. The maximum Gasteiger partial charge on any atom is 0.00212 e. The zero-order chi connectivity index (χ0) is 5.98. The van der Waals surface area contributed by atoms with Crippen molar-refractivity contribution in [2.75, 3.05) is 5.75 Å². The second-order valence-corrected chi connectivity index (χ2v) is 4.36. The zero-order valence-corrected chi connectivity index (χ0v) is 6.50. The summed E-state index contributed by atoms with van der Waals surface area (Å²) in [6.07, 6.45) is 2.87. The molecule has 0 N–H and O–H groups in total. The van der Waals surface area contributed by atoms with E-state index in [-0.39, 0.29) is 0 Å². The second-order valence-electron chi connectivity index (χ2n) is 2.81. The molecule has 48 valence electrons. The van der Waals surface area contributed by atoms with Crippen LogP contribution in [0.15, 0.2) is 0 Å². The van der Waals surface area contributed by atoms with E-state index in [9.17, 15) is 0 Å². The molecule has 0 aromatic heterocycles. The highest BCUT2D eigenvalue weighted by molar-refractivity contribution is 7.99. The number of thioether (sulfide) groups is 1. The van der Waals surface area contributed by atoms with Gasteiger partial charge in [0.2, 0.25) is 0 Å². The van der Waals surface area contributed by atoms with Crippen LogP contribution in [-0.4, -0.2) is 11.0 Å². The smallest absolute Gasteiger partial charge is 0.00212 e. The van der Waals surface area contributed by atoms with Crippen LogP contribution in [0.2, 0.25) is 0 Å². The third-order valence-electron chi connectivity index (χ3n) is 1.75. The topological polar surface area (TPSA) is 0 Å². The SMILES string of the molecule is CC1C[C@H](C)CCS1. The first kappa shape index (κ1) is 6.47. The van der Waals surface area contributed by atoms with Crippen LogP contribution in [0, 0.1) is 5.92 Å². The van der Waals surface area contributed by atoms with E-state index in [1.807, 2.05) is 0 Å². The predicted molar refractivity (Wildman–Crippen MR) is 40.3 cm³/mol. The Labute approximate surface area is 56.0 Å². The third-order valence-corrected chi connectivity index (χ3v) is 2.98. The zero-order valence-electron chi connectivity index (χ0n) is 5.68. The molecule has 0 spiro atoms. The van der Waals surface area contributed by atoms with E-state index >= 15 is 0 Å². The second kappa shape index (κ2) is 2.77. The van der Waals surface area contributed by atoms with Gasteiger partial charge in [-0.15, -0.1) is 0 Å². The predicted octanol–water partition coefficient (Wildman–Crippen LogP) is 2.54. The van der Waals surface area contributed by atoms with Crippen molar-refractivity contribution in [3.8, 4) is 0 Å². The molecule has 0 aromatic rings. The van der Waals surface area contributed by atoms with Gasteiger partial charge in [0.05, 0.1) is 0 Å². The molecule has 1 heterocycles. The van der Waals surface area contributed by atoms with Crippen molar-refractivity contribution in [2.24, 2.45) is 5.92 Å². The summed E-state index contributed by atoms with van der Waals surface area (Å²) < 4.78 is 0. The molecule has 0 amide bonds. The van der Waals surface area contributed by atoms with E-state index < -0.39 is 0 Å². The van der Waals surface area contributed by atoms with E-state index in [0.29, 0.717) is 0 Å². The minimum Gasteiger partial charge on any atom is -0.159 e. The van der Waals surface area contributed by atoms with Gasteiger partial charge in [0.25, 0.3) is 0 Å². The van der Waals surface area contributed by atoms with Crippen molar-refractivity contribution in [2.45, 2.75) is 31.9 Å². The molecule has 0 bridgehead atoms. The van der Waals surface area contributed by atoms with Crippen molar-refractivity contribution < 1.29 is 0 Å². The summed E-state index contributed by atoms with van der Waals surface area (Å²) in [5, 5.41) is 0.929. The first-order chi connectivity index (χ1) is 3.79. The Kier molecular flexibility index (Phi) is 2.24. The molecular weight excluding hydrogens is 116 g/mol.